The van der Waals surface area contributed by atoms with Gasteiger partial charge in [0.1, 0.15) is 0 Å². The second-order valence-corrected chi connectivity index (χ2v) is 10.4. The Morgan fingerprint density at radius 1 is 1.32 bits per heavy atom. The number of amides is 1. The molecule has 1 heterocycles. The molecule has 0 unspecified atom stereocenters. The summed E-state index contributed by atoms with van der Waals surface area (Å²) < 4.78 is 27.0. The van der Waals surface area contributed by atoms with Crippen molar-refractivity contribution >= 4 is 15.9 Å². The highest BCUT2D eigenvalue weighted by Crippen LogP contribution is 2.25. The number of rotatable bonds is 7. The van der Waals surface area contributed by atoms with Gasteiger partial charge in [0, 0.05) is 32.1 Å². The van der Waals surface area contributed by atoms with Crippen LogP contribution in [0.5, 0.6) is 0 Å². The lowest BCUT2D eigenvalue weighted by Gasteiger charge is -2.32. The van der Waals surface area contributed by atoms with Gasteiger partial charge in [-0.15, -0.1) is 0 Å². The highest BCUT2D eigenvalue weighted by atomic mass is 32.2. The summed E-state index contributed by atoms with van der Waals surface area (Å²) in [6.07, 6.45) is 0.994. The van der Waals surface area contributed by atoms with E-state index < -0.39 is 10.0 Å². The van der Waals surface area contributed by atoms with Crippen LogP contribution in [0.3, 0.4) is 0 Å². The van der Waals surface area contributed by atoms with E-state index in [1.54, 1.807) is 12.1 Å². The molecular weight excluding hydrogens is 376 g/mol. The summed E-state index contributed by atoms with van der Waals surface area (Å²) in [4.78, 5) is 14.7. The van der Waals surface area contributed by atoms with Crippen LogP contribution in [0, 0.1) is 22.7 Å². The molecule has 7 nitrogen and oxygen atoms in total. The Balaban J connectivity index is 1.93. The minimum absolute atomic E-state index is 0.00430. The standard InChI is InChI=1S/C20H30N4O3S/c1-20(2,15-23(3)4)14-22-19(25)17-8-10-24(11-9-17)28(26,27)18-7-5-6-16(12-18)13-21/h5-7,12,17H,8-11,14-15H2,1-4H3,(H,22,25). The minimum Gasteiger partial charge on any atom is -0.355 e. The van der Waals surface area contributed by atoms with Crippen LogP contribution in [0.15, 0.2) is 29.2 Å². The van der Waals surface area contributed by atoms with Crippen molar-refractivity contribution in [3.05, 3.63) is 29.8 Å². The van der Waals surface area contributed by atoms with E-state index in [2.05, 4.69) is 24.1 Å². The number of hydrogen-bond donors (Lipinski definition) is 1. The Morgan fingerprint density at radius 3 is 2.54 bits per heavy atom. The fourth-order valence-electron chi connectivity index (χ4n) is 3.62. The lowest BCUT2D eigenvalue weighted by molar-refractivity contribution is -0.126. The van der Waals surface area contributed by atoms with Crippen molar-refractivity contribution in [2.75, 3.05) is 40.3 Å². The molecule has 0 atom stereocenters. The molecular formula is C20H30N4O3S. The van der Waals surface area contributed by atoms with Crippen LogP contribution in [0.2, 0.25) is 0 Å². The SMILES string of the molecule is CN(C)CC(C)(C)CNC(=O)C1CCN(S(=O)(=O)c2cccc(C#N)c2)CC1. The van der Waals surface area contributed by atoms with Gasteiger partial charge in [-0.25, -0.2) is 8.42 Å². The molecule has 1 aromatic carbocycles. The molecule has 1 saturated heterocycles. The van der Waals surface area contributed by atoms with Crippen LogP contribution >= 0.6 is 0 Å². The molecule has 1 amide bonds. The number of nitrogens with zero attached hydrogens (tertiary/aromatic N) is 3. The number of sulfonamides is 1. The molecule has 1 fully saturated rings. The van der Waals surface area contributed by atoms with E-state index in [-0.39, 0.29) is 22.1 Å². The number of benzene rings is 1. The summed E-state index contributed by atoms with van der Waals surface area (Å²) in [5.74, 6) is -0.178. The predicted molar refractivity (Wildman–Crippen MR) is 108 cm³/mol. The molecule has 154 valence electrons. The zero-order valence-corrected chi connectivity index (χ0v) is 17.9. The van der Waals surface area contributed by atoms with Crippen molar-refractivity contribution < 1.29 is 13.2 Å². The van der Waals surface area contributed by atoms with Gasteiger partial charge in [0.2, 0.25) is 15.9 Å². The predicted octanol–water partition coefficient (Wildman–Crippen LogP) is 1.66. The maximum Gasteiger partial charge on any atom is 0.243 e. The van der Waals surface area contributed by atoms with Crippen molar-refractivity contribution in [3.8, 4) is 6.07 Å². The summed E-state index contributed by atoms with van der Waals surface area (Å²) in [7, 11) is 0.364. The maximum absolute atomic E-state index is 12.8. The van der Waals surface area contributed by atoms with E-state index in [1.807, 2.05) is 20.2 Å². The molecule has 1 aliphatic rings. The lowest BCUT2D eigenvalue weighted by Crippen LogP contribution is -2.45. The van der Waals surface area contributed by atoms with Gasteiger partial charge in [-0.2, -0.15) is 9.57 Å². The molecule has 1 N–H and O–H groups in total. The molecule has 0 spiro atoms. The number of carbonyl (C=O) groups excluding carboxylic acids is 1. The normalized spacial score (nSPS) is 16.7. The molecule has 1 aliphatic heterocycles. The topological polar surface area (TPSA) is 93.5 Å². The fourth-order valence-corrected chi connectivity index (χ4v) is 5.13. The Bertz CT molecular complexity index is 835. The zero-order chi connectivity index (χ0) is 20.9. The molecule has 0 radical (unpaired) electrons. The van der Waals surface area contributed by atoms with Crippen molar-refractivity contribution in [1.82, 2.24) is 14.5 Å². The van der Waals surface area contributed by atoms with Crippen LogP contribution in [-0.2, 0) is 14.8 Å². The molecule has 8 heteroatoms. The molecule has 28 heavy (non-hydrogen) atoms. The molecule has 0 bridgehead atoms. The van der Waals surface area contributed by atoms with E-state index in [0.29, 0.717) is 38.0 Å². The van der Waals surface area contributed by atoms with Crippen LogP contribution in [0.25, 0.3) is 0 Å². The quantitative estimate of drug-likeness (QED) is 0.743. The van der Waals surface area contributed by atoms with Gasteiger partial charge in [0.15, 0.2) is 0 Å². The average molecular weight is 407 g/mol. The Hall–Kier alpha value is -1.95. The van der Waals surface area contributed by atoms with Gasteiger partial charge in [-0.05, 0) is 50.6 Å². The molecule has 0 saturated carbocycles. The second-order valence-electron chi connectivity index (χ2n) is 8.44. The van der Waals surface area contributed by atoms with E-state index in [9.17, 15) is 13.2 Å². The number of carbonyl (C=O) groups is 1. The Morgan fingerprint density at radius 2 is 1.96 bits per heavy atom. The van der Waals surface area contributed by atoms with Gasteiger partial charge in [-0.1, -0.05) is 19.9 Å². The maximum atomic E-state index is 12.8. The van der Waals surface area contributed by atoms with Gasteiger partial charge >= 0.3 is 0 Å². The summed E-state index contributed by atoms with van der Waals surface area (Å²) in [6, 6.07) is 8.00. The van der Waals surface area contributed by atoms with Gasteiger partial charge < -0.3 is 10.2 Å². The highest BCUT2D eigenvalue weighted by molar-refractivity contribution is 7.89. The third-order valence-corrected chi connectivity index (χ3v) is 6.81. The Labute approximate surface area is 168 Å². The monoisotopic (exact) mass is 406 g/mol. The summed E-state index contributed by atoms with van der Waals surface area (Å²) in [5, 5.41) is 12.0. The van der Waals surface area contributed by atoms with Gasteiger partial charge in [0.25, 0.3) is 0 Å². The van der Waals surface area contributed by atoms with E-state index in [1.165, 1.54) is 16.4 Å². The minimum atomic E-state index is -3.65. The average Bonchev–Trinajstić information content (AvgIpc) is 2.65. The van der Waals surface area contributed by atoms with Gasteiger partial charge in [0.05, 0.1) is 16.5 Å². The van der Waals surface area contributed by atoms with Crippen molar-refractivity contribution in [2.45, 2.75) is 31.6 Å². The second kappa shape index (κ2) is 9.03. The summed E-state index contributed by atoms with van der Waals surface area (Å²) in [5.41, 5.74) is 0.283. The smallest absolute Gasteiger partial charge is 0.243 e. The number of piperidine rings is 1. The first-order valence-corrected chi connectivity index (χ1v) is 10.9. The molecule has 2 rings (SSSR count). The van der Waals surface area contributed by atoms with E-state index >= 15 is 0 Å². The van der Waals surface area contributed by atoms with Crippen LogP contribution in [0.4, 0.5) is 0 Å². The number of hydrogen-bond acceptors (Lipinski definition) is 5. The Kier molecular flexibility index (Phi) is 7.21. The highest BCUT2D eigenvalue weighted by Gasteiger charge is 2.32. The number of nitriles is 1. The first kappa shape index (κ1) is 22.3. The summed E-state index contributed by atoms with van der Waals surface area (Å²) in [6.45, 7) is 6.28. The largest absolute Gasteiger partial charge is 0.355 e. The number of nitrogens with one attached hydrogen (secondary N) is 1. The van der Waals surface area contributed by atoms with Crippen LogP contribution in [-0.4, -0.2) is 63.8 Å². The van der Waals surface area contributed by atoms with Crippen molar-refractivity contribution in [1.29, 1.82) is 5.26 Å². The first-order chi connectivity index (χ1) is 13.0. The molecule has 1 aromatic rings. The van der Waals surface area contributed by atoms with Crippen LogP contribution in [0.1, 0.15) is 32.3 Å². The van der Waals surface area contributed by atoms with Crippen molar-refractivity contribution in [3.63, 3.8) is 0 Å². The zero-order valence-electron chi connectivity index (χ0n) is 17.1. The summed E-state index contributed by atoms with van der Waals surface area (Å²) >= 11 is 0. The van der Waals surface area contributed by atoms with Crippen molar-refractivity contribution in [2.24, 2.45) is 11.3 Å². The lowest BCUT2D eigenvalue weighted by atomic mass is 9.91. The molecule has 0 aromatic heterocycles. The van der Waals surface area contributed by atoms with E-state index in [0.717, 1.165) is 6.54 Å². The van der Waals surface area contributed by atoms with Crippen LogP contribution < -0.4 is 5.32 Å². The third kappa shape index (κ3) is 5.77. The first-order valence-electron chi connectivity index (χ1n) is 9.48. The van der Waals surface area contributed by atoms with Gasteiger partial charge in [-0.3, -0.25) is 4.79 Å². The molecule has 0 aliphatic carbocycles. The third-order valence-electron chi connectivity index (χ3n) is 4.91. The van der Waals surface area contributed by atoms with E-state index in [4.69, 9.17) is 5.26 Å². The fraction of sp³-hybridized carbons (Fsp3) is 0.600.